The average molecular weight is 452 g/mol. The van der Waals surface area contributed by atoms with Gasteiger partial charge in [0.1, 0.15) is 11.5 Å². The summed E-state index contributed by atoms with van der Waals surface area (Å²) < 4.78 is 11.6. The Morgan fingerprint density at radius 2 is 1.74 bits per heavy atom. The number of benzene rings is 2. The first-order chi connectivity index (χ1) is 13.0. The first-order valence-electron chi connectivity index (χ1n) is 8.00. The van der Waals surface area contributed by atoms with Crippen LogP contribution in [0.5, 0.6) is 11.5 Å². The number of ether oxygens (including phenoxy) is 2. The maximum atomic E-state index is 12.3. The van der Waals surface area contributed by atoms with E-state index in [0.29, 0.717) is 23.7 Å². The monoisotopic (exact) mass is 451 g/mol. The number of hydrazine groups is 1. The van der Waals surface area contributed by atoms with Crippen molar-refractivity contribution in [2.24, 2.45) is 0 Å². The number of para-hydroxylation sites is 1. The quantitative estimate of drug-likeness (QED) is 0.461. The molecule has 7 nitrogen and oxygen atoms in total. The molecule has 2 aromatic carbocycles. The van der Waals surface area contributed by atoms with Crippen LogP contribution < -0.4 is 25.6 Å². The van der Waals surface area contributed by atoms with Crippen LogP contribution in [0, 0.1) is 0 Å². The van der Waals surface area contributed by atoms with Crippen molar-refractivity contribution in [2.45, 2.75) is 6.92 Å². The Balaban J connectivity index is 1.77. The topological polar surface area (TPSA) is 88.7 Å². The third-order valence-corrected chi connectivity index (χ3v) is 3.89. The summed E-state index contributed by atoms with van der Waals surface area (Å²) in [7, 11) is 0. The third kappa shape index (κ3) is 6.87. The molecule has 2 rings (SSSR count). The molecule has 0 aliphatic carbocycles. The maximum absolute atomic E-state index is 12.3. The van der Waals surface area contributed by atoms with Gasteiger partial charge in [0.15, 0.2) is 11.7 Å². The molecule has 0 radical (unpaired) electrons. The highest BCUT2D eigenvalue weighted by atomic mass is 79.9. The van der Waals surface area contributed by atoms with Crippen LogP contribution in [0.15, 0.2) is 53.0 Å². The fraction of sp³-hybridized carbons (Fsp3) is 0.167. The molecular weight excluding hydrogens is 434 g/mol. The number of carbonyl (C=O) groups is 2. The second kappa shape index (κ2) is 10.5. The zero-order valence-corrected chi connectivity index (χ0v) is 16.9. The summed E-state index contributed by atoms with van der Waals surface area (Å²) in [6, 6.07) is 13.9. The minimum Gasteiger partial charge on any atom is -0.493 e. The second-order valence-electron chi connectivity index (χ2n) is 5.13. The molecule has 0 saturated heterocycles. The van der Waals surface area contributed by atoms with Gasteiger partial charge in [-0.3, -0.25) is 25.8 Å². The van der Waals surface area contributed by atoms with E-state index in [0.717, 1.165) is 4.47 Å². The fourth-order valence-corrected chi connectivity index (χ4v) is 2.39. The van der Waals surface area contributed by atoms with E-state index in [1.165, 1.54) is 0 Å². The average Bonchev–Trinajstić information content (AvgIpc) is 2.66. The van der Waals surface area contributed by atoms with E-state index in [-0.39, 0.29) is 11.7 Å². The van der Waals surface area contributed by atoms with Crippen LogP contribution in [-0.2, 0) is 4.79 Å². The smallest absolute Gasteiger partial charge is 0.276 e. The van der Waals surface area contributed by atoms with Gasteiger partial charge in [-0.2, -0.15) is 0 Å². The minimum absolute atomic E-state index is 0.0525. The lowest BCUT2D eigenvalue weighted by Gasteiger charge is -2.13. The number of hydrogen-bond donors (Lipinski definition) is 3. The van der Waals surface area contributed by atoms with E-state index in [4.69, 9.17) is 21.7 Å². The lowest BCUT2D eigenvalue weighted by Crippen LogP contribution is -2.49. The first-order valence-corrected chi connectivity index (χ1v) is 9.20. The maximum Gasteiger partial charge on any atom is 0.276 e. The largest absolute Gasteiger partial charge is 0.493 e. The molecule has 2 aromatic rings. The number of halogens is 1. The second-order valence-corrected chi connectivity index (χ2v) is 6.45. The Hall–Kier alpha value is -2.65. The summed E-state index contributed by atoms with van der Waals surface area (Å²) in [6.45, 7) is 2.05. The molecule has 27 heavy (non-hydrogen) atoms. The van der Waals surface area contributed by atoms with E-state index < -0.39 is 11.8 Å². The lowest BCUT2D eigenvalue weighted by atomic mass is 10.2. The molecule has 0 aliphatic heterocycles. The van der Waals surface area contributed by atoms with Crippen LogP contribution in [-0.4, -0.2) is 30.1 Å². The van der Waals surface area contributed by atoms with E-state index in [2.05, 4.69) is 32.1 Å². The molecule has 0 fully saturated rings. The SMILES string of the molecule is CCOc1ccccc1C(=O)NC(=S)NNC(=O)COc1ccc(Br)cc1. The molecular formula is C18H18BrN3O4S. The zero-order valence-electron chi connectivity index (χ0n) is 14.5. The predicted octanol–water partition coefficient (Wildman–Crippen LogP) is 2.56. The van der Waals surface area contributed by atoms with Crippen LogP contribution in [0.4, 0.5) is 0 Å². The molecule has 0 atom stereocenters. The van der Waals surface area contributed by atoms with Gasteiger partial charge in [-0.1, -0.05) is 28.1 Å². The van der Waals surface area contributed by atoms with Gasteiger partial charge in [0, 0.05) is 4.47 Å². The number of rotatable bonds is 6. The minimum atomic E-state index is -0.454. The molecule has 0 heterocycles. The number of hydrogen-bond acceptors (Lipinski definition) is 5. The van der Waals surface area contributed by atoms with Gasteiger partial charge in [-0.15, -0.1) is 0 Å². The molecule has 142 valence electrons. The summed E-state index contributed by atoms with van der Waals surface area (Å²) in [5.74, 6) is 0.102. The van der Waals surface area contributed by atoms with Crippen molar-refractivity contribution in [1.29, 1.82) is 0 Å². The van der Waals surface area contributed by atoms with Crippen molar-refractivity contribution in [3.63, 3.8) is 0 Å². The summed E-state index contributed by atoms with van der Waals surface area (Å²) in [6.07, 6.45) is 0. The summed E-state index contributed by atoms with van der Waals surface area (Å²) >= 11 is 8.32. The molecule has 0 bridgehead atoms. The third-order valence-electron chi connectivity index (χ3n) is 3.16. The van der Waals surface area contributed by atoms with Crippen molar-refractivity contribution in [3.8, 4) is 11.5 Å². The van der Waals surface area contributed by atoms with E-state index in [1.807, 2.05) is 6.92 Å². The van der Waals surface area contributed by atoms with Crippen LogP contribution in [0.1, 0.15) is 17.3 Å². The van der Waals surface area contributed by atoms with Crippen molar-refractivity contribution in [2.75, 3.05) is 13.2 Å². The van der Waals surface area contributed by atoms with Gasteiger partial charge < -0.3 is 9.47 Å². The predicted molar refractivity (Wildman–Crippen MR) is 109 cm³/mol. The van der Waals surface area contributed by atoms with Crippen molar-refractivity contribution >= 4 is 45.1 Å². The van der Waals surface area contributed by atoms with Crippen LogP contribution >= 0.6 is 28.1 Å². The van der Waals surface area contributed by atoms with E-state index in [9.17, 15) is 9.59 Å². The highest BCUT2D eigenvalue weighted by Crippen LogP contribution is 2.17. The number of amides is 2. The normalized spacial score (nSPS) is 9.85. The molecule has 0 aromatic heterocycles. The summed E-state index contributed by atoms with van der Waals surface area (Å²) in [5, 5.41) is 2.42. The van der Waals surface area contributed by atoms with E-state index >= 15 is 0 Å². The number of nitrogens with one attached hydrogen (secondary N) is 3. The Morgan fingerprint density at radius 3 is 2.44 bits per heavy atom. The van der Waals surface area contributed by atoms with Crippen molar-refractivity contribution in [3.05, 3.63) is 58.6 Å². The van der Waals surface area contributed by atoms with Crippen molar-refractivity contribution in [1.82, 2.24) is 16.2 Å². The van der Waals surface area contributed by atoms with Crippen LogP contribution in [0.2, 0.25) is 0 Å². The van der Waals surface area contributed by atoms with Crippen LogP contribution in [0.3, 0.4) is 0 Å². The molecule has 0 unspecified atom stereocenters. The highest BCUT2D eigenvalue weighted by Gasteiger charge is 2.13. The molecule has 0 aliphatic rings. The van der Waals surface area contributed by atoms with Gasteiger partial charge in [0.05, 0.1) is 12.2 Å². The Morgan fingerprint density at radius 1 is 1.04 bits per heavy atom. The zero-order chi connectivity index (χ0) is 19.6. The van der Waals surface area contributed by atoms with Crippen molar-refractivity contribution < 1.29 is 19.1 Å². The van der Waals surface area contributed by atoms with Gasteiger partial charge in [0.25, 0.3) is 11.8 Å². The van der Waals surface area contributed by atoms with Gasteiger partial charge in [0.2, 0.25) is 0 Å². The summed E-state index contributed by atoms with van der Waals surface area (Å²) in [5.41, 5.74) is 5.14. The Bertz CT molecular complexity index is 815. The summed E-state index contributed by atoms with van der Waals surface area (Å²) in [4.78, 5) is 24.1. The highest BCUT2D eigenvalue weighted by molar-refractivity contribution is 9.10. The Labute approximate surface area is 170 Å². The lowest BCUT2D eigenvalue weighted by molar-refractivity contribution is -0.123. The molecule has 3 N–H and O–H groups in total. The first kappa shape index (κ1) is 20.7. The van der Waals surface area contributed by atoms with Gasteiger partial charge in [-0.25, -0.2) is 0 Å². The van der Waals surface area contributed by atoms with Gasteiger partial charge in [-0.05, 0) is 55.5 Å². The molecule has 0 saturated carbocycles. The Kier molecular flexibility index (Phi) is 8.02. The molecule has 9 heteroatoms. The molecule has 2 amide bonds. The molecule has 0 spiro atoms. The van der Waals surface area contributed by atoms with E-state index in [1.54, 1.807) is 48.5 Å². The van der Waals surface area contributed by atoms with Gasteiger partial charge >= 0.3 is 0 Å². The number of thiocarbonyl (C=S) groups is 1. The standard InChI is InChI=1S/C18H18BrN3O4S/c1-2-25-15-6-4-3-5-14(15)17(24)20-18(27)22-21-16(23)11-26-13-9-7-12(19)8-10-13/h3-10H,2,11H2,1H3,(H,21,23)(H2,20,22,24,27). The van der Waals surface area contributed by atoms with Crippen LogP contribution in [0.25, 0.3) is 0 Å². The fourth-order valence-electron chi connectivity index (χ4n) is 1.98. The number of carbonyl (C=O) groups excluding carboxylic acids is 2.